The Morgan fingerprint density at radius 1 is 1.00 bits per heavy atom. The third-order valence-corrected chi connectivity index (χ3v) is 5.66. The SMILES string of the molecule is O=C(NCCCN1CCN(Cc2ccc(F)cc2)CC1)NC1CCCCC1. The number of nitrogens with one attached hydrogen (secondary N) is 2. The van der Waals surface area contributed by atoms with Crippen LogP contribution < -0.4 is 10.6 Å². The van der Waals surface area contributed by atoms with Crippen molar-refractivity contribution in [2.45, 2.75) is 51.1 Å². The molecule has 1 aromatic carbocycles. The Morgan fingerprint density at radius 2 is 1.67 bits per heavy atom. The summed E-state index contributed by atoms with van der Waals surface area (Å²) in [5, 5.41) is 6.09. The quantitative estimate of drug-likeness (QED) is 0.720. The number of piperazine rings is 1. The van der Waals surface area contributed by atoms with E-state index in [1.165, 1.54) is 31.4 Å². The summed E-state index contributed by atoms with van der Waals surface area (Å²) in [7, 11) is 0. The van der Waals surface area contributed by atoms with Crippen LogP contribution in [0.2, 0.25) is 0 Å². The monoisotopic (exact) mass is 376 g/mol. The van der Waals surface area contributed by atoms with Crippen LogP contribution in [0.4, 0.5) is 9.18 Å². The second-order valence-electron chi connectivity index (χ2n) is 7.83. The Kier molecular flexibility index (Phi) is 7.90. The lowest BCUT2D eigenvalue weighted by atomic mass is 9.96. The van der Waals surface area contributed by atoms with Gasteiger partial charge in [0.1, 0.15) is 5.82 Å². The van der Waals surface area contributed by atoms with Gasteiger partial charge in [-0.05, 0) is 43.5 Å². The Bertz CT molecular complexity index is 566. The lowest BCUT2D eigenvalue weighted by molar-refractivity contribution is 0.126. The van der Waals surface area contributed by atoms with Gasteiger partial charge in [0.25, 0.3) is 0 Å². The molecule has 2 N–H and O–H groups in total. The predicted molar refractivity (Wildman–Crippen MR) is 106 cm³/mol. The highest BCUT2D eigenvalue weighted by molar-refractivity contribution is 5.74. The van der Waals surface area contributed by atoms with E-state index in [1.807, 2.05) is 12.1 Å². The van der Waals surface area contributed by atoms with E-state index in [9.17, 15) is 9.18 Å². The predicted octanol–water partition coefficient (Wildman–Crippen LogP) is 2.97. The smallest absolute Gasteiger partial charge is 0.315 e. The Balaban J connectivity index is 1.24. The summed E-state index contributed by atoms with van der Waals surface area (Å²) >= 11 is 0. The minimum atomic E-state index is -0.176. The maximum Gasteiger partial charge on any atom is 0.315 e. The summed E-state index contributed by atoms with van der Waals surface area (Å²) in [5.74, 6) is -0.176. The van der Waals surface area contributed by atoms with E-state index in [0.29, 0.717) is 6.04 Å². The van der Waals surface area contributed by atoms with Crippen LogP contribution in [0.1, 0.15) is 44.1 Å². The number of halogens is 1. The van der Waals surface area contributed by atoms with E-state index in [2.05, 4.69) is 20.4 Å². The van der Waals surface area contributed by atoms with Gasteiger partial charge in [0.15, 0.2) is 0 Å². The molecule has 2 amide bonds. The lowest BCUT2D eigenvalue weighted by Gasteiger charge is -2.34. The van der Waals surface area contributed by atoms with Crippen molar-refractivity contribution in [2.24, 2.45) is 0 Å². The van der Waals surface area contributed by atoms with Crippen molar-refractivity contribution in [3.05, 3.63) is 35.6 Å². The molecule has 27 heavy (non-hydrogen) atoms. The average Bonchev–Trinajstić information content (AvgIpc) is 2.69. The molecule has 0 spiro atoms. The zero-order valence-corrected chi connectivity index (χ0v) is 16.3. The highest BCUT2D eigenvalue weighted by atomic mass is 19.1. The third-order valence-electron chi connectivity index (χ3n) is 5.66. The van der Waals surface area contributed by atoms with Gasteiger partial charge >= 0.3 is 6.03 Å². The minimum absolute atomic E-state index is 0.00832. The molecule has 2 aliphatic rings. The van der Waals surface area contributed by atoms with Crippen LogP contribution in [0, 0.1) is 5.82 Å². The van der Waals surface area contributed by atoms with Gasteiger partial charge in [-0.1, -0.05) is 31.4 Å². The molecule has 0 unspecified atom stereocenters. The first-order valence-corrected chi connectivity index (χ1v) is 10.4. The first kappa shape index (κ1) is 20.1. The molecule has 0 aromatic heterocycles. The average molecular weight is 377 g/mol. The fourth-order valence-corrected chi connectivity index (χ4v) is 4.01. The molecule has 6 heteroatoms. The van der Waals surface area contributed by atoms with Crippen molar-refractivity contribution in [1.29, 1.82) is 0 Å². The third kappa shape index (κ3) is 7.11. The molecule has 1 aliphatic carbocycles. The Morgan fingerprint density at radius 3 is 2.37 bits per heavy atom. The van der Waals surface area contributed by atoms with Gasteiger partial charge in [0.05, 0.1) is 0 Å². The number of benzene rings is 1. The van der Waals surface area contributed by atoms with Crippen LogP contribution in [-0.4, -0.2) is 61.1 Å². The molecule has 1 aliphatic heterocycles. The van der Waals surface area contributed by atoms with Crippen LogP contribution in [0.5, 0.6) is 0 Å². The molecule has 1 aromatic rings. The largest absolute Gasteiger partial charge is 0.338 e. The van der Waals surface area contributed by atoms with Crippen LogP contribution in [0.3, 0.4) is 0 Å². The maximum absolute atomic E-state index is 13.0. The van der Waals surface area contributed by atoms with E-state index < -0.39 is 0 Å². The number of carbonyl (C=O) groups excluding carboxylic acids is 1. The van der Waals surface area contributed by atoms with Crippen molar-refractivity contribution < 1.29 is 9.18 Å². The van der Waals surface area contributed by atoms with Crippen LogP contribution >= 0.6 is 0 Å². The molecule has 2 fully saturated rings. The second-order valence-corrected chi connectivity index (χ2v) is 7.83. The van der Waals surface area contributed by atoms with Crippen LogP contribution in [0.15, 0.2) is 24.3 Å². The number of amides is 2. The van der Waals surface area contributed by atoms with Gasteiger partial charge in [-0.3, -0.25) is 4.90 Å². The molecule has 0 bridgehead atoms. The van der Waals surface area contributed by atoms with Gasteiger partial charge in [-0.25, -0.2) is 9.18 Å². The van der Waals surface area contributed by atoms with Gasteiger partial charge < -0.3 is 15.5 Å². The maximum atomic E-state index is 13.0. The van der Waals surface area contributed by atoms with Crippen molar-refractivity contribution >= 4 is 6.03 Å². The zero-order chi connectivity index (χ0) is 18.9. The van der Waals surface area contributed by atoms with E-state index in [0.717, 1.165) is 70.6 Å². The van der Waals surface area contributed by atoms with Gasteiger partial charge in [0.2, 0.25) is 0 Å². The number of hydrogen-bond donors (Lipinski definition) is 2. The van der Waals surface area contributed by atoms with Gasteiger partial charge in [0, 0.05) is 45.3 Å². The fourth-order valence-electron chi connectivity index (χ4n) is 4.01. The fraction of sp³-hybridized carbons (Fsp3) is 0.667. The molecule has 0 radical (unpaired) electrons. The van der Waals surface area contributed by atoms with Crippen molar-refractivity contribution in [1.82, 2.24) is 20.4 Å². The Labute approximate surface area is 162 Å². The van der Waals surface area contributed by atoms with Crippen molar-refractivity contribution in [3.8, 4) is 0 Å². The van der Waals surface area contributed by atoms with E-state index in [4.69, 9.17) is 0 Å². The Hall–Kier alpha value is -1.66. The number of hydrogen-bond acceptors (Lipinski definition) is 3. The standard InChI is InChI=1S/C21H33FN4O/c22-19-9-7-18(8-10-19)17-26-15-13-25(14-16-26)12-4-11-23-21(27)24-20-5-2-1-3-6-20/h7-10,20H,1-6,11-17H2,(H2,23,24,27). The molecule has 0 atom stereocenters. The zero-order valence-electron chi connectivity index (χ0n) is 16.3. The summed E-state index contributed by atoms with van der Waals surface area (Å²) in [6, 6.07) is 7.16. The first-order valence-electron chi connectivity index (χ1n) is 10.4. The summed E-state index contributed by atoms with van der Waals surface area (Å²) in [5.41, 5.74) is 1.16. The summed E-state index contributed by atoms with van der Waals surface area (Å²) < 4.78 is 13.0. The first-order chi connectivity index (χ1) is 13.2. The van der Waals surface area contributed by atoms with E-state index in [1.54, 1.807) is 0 Å². The molecule has 3 rings (SSSR count). The van der Waals surface area contributed by atoms with Gasteiger partial charge in [-0.15, -0.1) is 0 Å². The molecular formula is C21H33FN4O. The van der Waals surface area contributed by atoms with Crippen LogP contribution in [-0.2, 0) is 6.54 Å². The molecule has 1 saturated heterocycles. The topological polar surface area (TPSA) is 47.6 Å². The summed E-state index contributed by atoms with van der Waals surface area (Å²) in [4.78, 5) is 16.8. The molecule has 1 heterocycles. The molecule has 1 saturated carbocycles. The summed E-state index contributed by atoms with van der Waals surface area (Å²) in [6.07, 6.45) is 6.99. The van der Waals surface area contributed by atoms with Crippen molar-refractivity contribution in [3.63, 3.8) is 0 Å². The molecule has 150 valence electrons. The number of carbonyl (C=O) groups is 1. The van der Waals surface area contributed by atoms with Crippen molar-refractivity contribution in [2.75, 3.05) is 39.3 Å². The number of rotatable bonds is 7. The van der Waals surface area contributed by atoms with E-state index >= 15 is 0 Å². The van der Waals surface area contributed by atoms with Gasteiger partial charge in [-0.2, -0.15) is 0 Å². The number of nitrogens with zero attached hydrogens (tertiary/aromatic N) is 2. The minimum Gasteiger partial charge on any atom is -0.338 e. The number of urea groups is 1. The molecular weight excluding hydrogens is 343 g/mol. The highest BCUT2D eigenvalue weighted by Gasteiger charge is 2.17. The normalized spacial score (nSPS) is 19.7. The second kappa shape index (κ2) is 10.6. The summed E-state index contributed by atoms with van der Waals surface area (Å²) in [6.45, 7) is 6.81. The highest BCUT2D eigenvalue weighted by Crippen LogP contribution is 2.17. The molecule has 5 nitrogen and oxygen atoms in total. The lowest BCUT2D eigenvalue weighted by Crippen LogP contribution is -2.47. The van der Waals surface area contributed by atoms with E-state index in [-0.39, 0.29) is 11.8 Å². The van der Waals surface area contributed by atoms with Crippen LogP contribution in [0.25, 0.3) is 0 Å².